The van der Waals surface area contributed by atoms with E-state index in [1.165, 1.54) is 24.3 Å². The van der Waals surface area contributed by atoms with Crippen molar-refractivity contribution in [1.82, 2.24) is 10.6 Å². The molecule has 2 aromatic rings. The topological polar surface area (TPSA) is 41.1 Å². The molecule has 164 valence electrons. The molecule has 0 fully saturated rings. The van der Waals surface area contributed by atoms with E-state index < -0.39 is 0 Å². The first-order valence-electron chi connectivity index (χ1n) is 10.9. The second kappa shape index (κ2) is 11.8. The summed E-state index contributed by atoms with van der Waals surface area (Å²) in [5.41, 5.74) is 1.96. The highest BCUT2D eigenvalue weighted by Gasteiger charge is 2.23. The maximum Gasteiger partial charge on any atom is 0.237 e. The van der Waals surface area contributed by atoms with Crippen LogP contribution >= 0.6 is 0 Å². The van der Waals surface area contributed by atoms with Gasteiger partial charge in [0.2, 0.25) is 5.91 Å². The van der Waals surface area contributed by atoms with Gasteiger partial charge in [0.1, 0.15) is 11.6 Å². The van der Waals surface area contributed by atoms with Gasteiger partial charge in [-0.3, -0.25) is 4.79 Å². The van der Waals surface area contributed by atoms with E-state index in [1.807, 2.05) is 13.8 Å². The van der Waals surface area contributed by atoms with Gasteiger partial charge in [0, 0.05) is 18.5 Å². The Morgan fingerprint density at radius 3 is 1.83 bits per heavy atom. The number of hydrogen-bond acceptors (Lipinski definition) is 2. The van der Waals surface area contributed by atoms with E-state index in [0.717, 1.165) is 30.4 Å². The summed E-state index contributed by atoms with van der Waals surface area (Å²) >= 11 is 0. The average molecular weight is 417 g/mol. The third kappa shape index (κ3) is 7.21. The molecule has 5 heteroatoms. The van der Waals surface area contributed by atoms with Crippen molar-refractivity contribution in [3.05, 3.63) is 71.3 Å². The second-order valence-electron chi connectivity index (χ2n) is 8.29. The first-order chi connectivity index (χ1) is 14.3. The monoisotopic (exact) mass is 416 g/mol. The van der Waals surface area contributed by atoms with Crippen LogP contribution < -0.4 is 10.6 Å². The molecule has 0 saturated heterocycles. The summed E-state index contributed by atoms with van der Waals surface area (Å²) in [5.74, 6) is -0.326. The Morgan fingerprint density at radius 2 is 1.40 bits per heavy atom. The SMILES string of the molecule is CCC(C)NC(C(=O)NCCCC(c1ccc(F)cc1)c1ccc(F)cc1)C(C)C. The fourth-order valence-electron chi connectivity index (χ4n) is 3.54. The number of amides is 1. The maximum atomic E-state index is 13.4. The van der Waals surface area contributed by atoms with E-state index in [2.05, 4.69) is 24.5 Å². The summed E-state index contributed by atoms with van der Waals surface area (Å²) in [5, 5.41) is 6.44. The minimum atomic E-state index is -0.280. The Balaban J connectivity index is 1.99. The van der Waals surface area contributed by atoms with Crippen molar-refractivity contribution in [2.45, 2.75) is 65.0 Å². The Morgan fingerprint density at radius 1 is 0.900 bits per heavy atom. The van der Waals surface area contributed by atoms with E-state index in [0.29, 0.717) is 6.54 Å². The molecular formula is C25H34F2N2O. The molecule has 1 amide bonds. The molecule has 30 heavy (non-hydrogen) atoms. The molecule has 0 spiro atoms. The number of carbonyl (C=O) groups excluding carboxylic acids is 1. The maximum absolute atomic E-state index is 13.4. The van der Waals surface area contributed by atoms with Crippen LogP contribution in [0.4, 0.5) is 8.78 Å². The zero-order valence-electron chi connectivity index (χ0n) is 18.4. The standard InChI is InChI=1S/C25H34F2N2O/c1-5-18(4)29-24(17(2)3)25(30)28-16-6-7-23(19-8-12-21(26)13-9-19)20-10-14-22(27)15-11-20/h8-15,17-18,23-24,29H,5-7,16H2,1-4H3,(H,28,30). The van der Waals surface area contributed by atoms with Gasteiger partial charge in [-0.05, 0) is 67.5 Å². The van der Waals surface area contributed by atoms with Crippen LogP contribution in [0.1, 0.15) is 64.0 Å². The number of hydrogen-bond donors (Lipinski definition) is 2. The Bertz CT molecular complexity index is 729. The van der Waals surface area contributed by atoms with Crippen LogP contribution in [-0.2, 0) is 4.79 Å². The number of rotatable bonds is 11. The van der Waals surface area contributed by atoms with Crippen LogP contribution in [0.25, 0.3) is 0 Å². The molecule has 0 aliphatic rings. The summed E-state index contributed by atoms with van der Waals surface area (Å²) in [6, 6.07) is 12.9. The smallest absolute Gasteiger partial charge is 0.237 e. The first kappa shape index (κ1) is 24.0. The van der Waals surface area contributed by atoms with Crippen LogP contribution in [0, 0.1) is 17.6 Å². The molecule has 0 aliphatic heterocycles. The van der Waals surface area contributed by atoms with Crippen molar-refractivity contribution in [3.63, 3.8) is 0 Å². The minimum absolute atomic E-state index is 0.0160. The lowest BCUT2D eigenvalue weighted by Crippen LogP contribution is -2.50. The largest absolute Gasteiger partial charge is 0.355 e. The molecule has 2 rings (SSSR count). The van der Waals surface area contributed by atoms with Gasteiger partial charge in [-0.2, -0.15) is 0 Å². The molecule has 2 N–H and O–H groups in total. The van der Waals surface area contributed by atoms with Gasteiger partial charge in [-0.1, -0.05) is 45.0 Å². The lowest BCUT2D eigenvalue weighted by molar-refractivity contribution is -0.124. The molecule has 0 radical (unpaired) electrons. The molecule has 0 saturated carbocycles. The van der Waals surface area contributed by atoms with E-state index in [9.17, 15) is 13.6 Å². The van der Waals surface area contributed by atoms with Gasteiger partial charge in [-0.25, -0.2) is 8.78 Å². The molecule has 2 aromatic carbocycles. The lowest BCUT2D eigenvalue weighted by Gasteiger charge is -2.25. The fraction of sp³-hybridized carbons (Fsp3) is 0.480. The summed E-state index contributed by atoms with van der Waals surface area (Å²) in [7, 11) is 0. The Labute approximate surface area is 179 Å². The highest BCUT2D eigenvalue weighted by Crippen LogP contribution is 2.29. The van der Waals surface area contributed by atoms with Gasteiger partial charge in [0.15, 0.2) is 0 Å². The fourth-order valence-corrected chi connectivity index (χ4v) is 3.54. The zero-order valence-corrected chi connectivity index (χ0v) is 18.4. The van der Waals surface area contributed by atoms with Gasteiger partial charge in [0.25, 0.3) is 0 Å². The van der Waals surface area contributed by atoms with Crippen LogP contribution in [0.5, 0.6) is 0 Å². The van der Waals surface area contributed by atoms with Crippen LogP contribution in [-0.4, -0.2) is 24.5 Å². The van der Waals surface area contributed by atoms with Gasteiger partial charge in [0.05, 0.1) is 6.04 Å². The number of benzene rings is 2. The highest BCUT2D eigenvalue weighted by molar-refractivity contribution is 5.82. The van der Waals surface area contributed by atoms with Crippen molar-refractivity contribution in [2.24, 2.45) is 5.92 Å². The van der Waals surface area contributed by atoms with Crippen LogP contribution in [0.15, 0.2) is 48.5 Å². The van der Waals surface area contributed by atoms with Crippen molar-refractivity contribution >= 4 is 5.91 Å². The third-order valence-electron chi connectivity index (χ3n) is 5.54. The molecule has 2 atom stereocenters. The van der Waals surface area contributed by atoms with Gasteiger partial charge in [-0.15, -0.1) is 0 Å². The molecular weight excluding hydrogens is 382 g/mol. The number of nitrogens with one attached hydrogen (secondary N) is 2. The third-order valence-corrected chi connectivity index (χ3v) is 5.54. The summed E-state index contributed by atoms with van der Waals surface area (Å²) in [4.78, 5) is 12.6. The minimum Gasteiger partial charge on any atom is -0.355 e. The average Bonchev–Trinajstić information content (AvgIpc) is 2.73. The van der Waals surface area contributed by atoms with E-state index in [4.69, 9.17) is 0 Å². The predicted octanol–water partition coefficient (Wildman–Crippen LogP) is 5.41. The Hall–Kier alpha value is -2.27. The second-order valence-corrected chi connectivity index (χ2v) is 8.29. The number of carbonyl (C=O) groups is 1. The van der Waals surface area contributed by atoms with Crippen molar-refractivity contribution in [1.29, 1.82) is 0 Å². The van der Waals surface area contributed by atoms with Gasteiger partial charge < -0.3 is 10.6 Å². The normalized spacial score (nSPS) is 13.5. The molecule has 0 heterocycles. The first-order valence-corrected chi connectivity index (χ1v) is 10.9. The molecule has 3 nitrogen and oxygen atoms in total. The summed E-state index contributed by atoms with van der Waals surface area (Å²) in [6.45, 7) is 8.82. The van der Waals surface area contributed by atoms with Gasteiger partial charge >= 0.3 is 0 Å². The predicted molar refractivity (Wildman–Crippen MR) is 118 cm³/mol. The Kier molecular flexibility index (Phi) is 9.44. The molecule has 0 bridgehead atoms. The quantitative estimate of drug-likeness (QED) is 0.481. The van der Waals surface area contributed by atoms with Crippen LogP contribution in [0.2, 0.25) is 0 Å². The van der Waals surface area contributed by atoms with E-state index in [-0.39, 0.29) is 41.5 Å². The molecule has 0 aliphatic carbocycles. The van der Waals surface area contributed by atoms with Crippen molar-refractivity contribution in [3.8, 4) is 0 Å². The highest BCUT2D eigenvalue weighted by atomic mass is 19.1. The molecule has 2 unspecified atom stereocenters. The summed E-state index contributed by atoms with van der Waals surface area (Å²) < 4.78 is 26.7. The van der Waals surface area contributed by atoms with Crippen molar-refractivity contribution in [2.75, 3.05) is 6.54 Å². The molecule has 0 aromatic heterocycles. The van der Waals surface area contributed by atoms with E-state index >= 15 is 0 Å². The van der Waals surface area contributed by atoms with E-state index in [1.54, 1.807) is 24.3 Å². The van der Waals surface area contributed by atoms with Crippen LogP contribution in [0.3, 0.4) is 0 Å². The number of halogens is 2. The van der Waals surface area contributed by atoms with Crippen molar-refractivity contribution < 1.29 is 13.6 Å². The lowest BCUT2D eigenvalue weighted by atomic mass is 9.87. The summed E-state index contributed by atoms with van der Waals surface area (Å²) in [6.07, 6.45) is 2.50. The zero-order chi connectivity index (χ0) is 22.1.